The summed E-state index contributed by atoms with van der Waals surface area (Å²) < 4.78 is 6.61. The number of fused-ring (bicyclic) bond motifs is 3. The molecule has 0 amide bonds. The largest absolute Gasteiger partial charge is 0.508 e. The second kappa shape index (κ2) is 6.89. The summed E-state index contributed by atoms with van der Waals surface area (Å²) in [5.74, 6) is 3.00. The molecule has 1 aliphatic heterocycles. The molecule has 7 rings (SSSR count). The first-order valence-electron chi connectivity index (χ1n) is 12.6. The van der Waals surface area contributed by atoms with Gasteiger partial charge < -0.3 is 14.7 Å². The Morgan fingerprint density at radius 2 is 1.94 bits per heavy atom. The molecule has 1 N–H and O–H groups in total. The maximum absolute atomic E-state index is 11.4. The maximum Gasteiger partial charge on any atom is 0.294 e. The number of rotatable bonds is 4. The van der Waals surface area contributed by atoms with Crippen LogP contribution in [0.4, 0.5) is 0 Å². The highest BCUT2D eigenvalue weighted by molar-refractivity contribution is 5.54. The minimum atomic E-state index is -0.636. The Balaban J connectivity index is 1.40. The third-order valence-corrected chi connectivity index (χ3v) is 9.78. The van der Waals surface area contributed by atoms with Gasteiger partial charge in [-0.2, -0.15) is 0 Å². The Hall–Kier alpha value is -2.24. The summed E-state index contributed by atoms with van der Waals surface area (Å²) in [5.41, 5.74) is 3.06. The van der Waals surface area contributed by atoms with Gasteiger partial charge in [-0.25, -0.2) is 0 Å². The predicted molar refractivity (Wildman–Crippen MR) is 124 cm³/mol. The molecule has 0 saturated heterocycles. The van der Waals surface area contributed by atoms with Crippen LogP contribution >= 0.6 is 0 Å². The molecule has 1 aromatic rings. The number of hydrogen-bond donors (Lipinski definition) is 1. The maximum atomic E-state index is 11.4. The van der Waals surface area contributed by atoms with Gasteiger partial charge >= 0.3 is 0 Å². The van der Waals surface area contributed by atoms with E-state index >= 15 is 0 Å². The van der Waals surface area contributed by atoms with Crippen molar-refractivity contribution in [3.8, 4) is 11.5 Å². The first-order chi connectivity index (χ1) is 15.6. The van der Waals surface area contributed by atoms with Crippen LogP contribution in [0.2, 0.25) is 0 Å². The van der Waals surface area contributed by atoms with E-state index < -0.39 is 5.09 Å². The van der Waals surface area contributed by atoms with E-state index in [1.807, 2.05) is 6.07 Å². The minimum absolute atomic E-state index is 0.0523. The zero-order valence-electron chi connectivity index (χ0n) is 19.9. The van der Waals surface area contributed by atoms with Crippen LogP contribution in [0.5, 0.6) is 11.5 Å². The molecular formula is C27H35NO5. The molecule has 1 aromatic carbocycles. The van der Waals surface area contributed by atoms with E-state index in [0.717, 1.165) is 61.8 Å². The number of hydrogen-bond acceptors (Lipinski definition) is 5. The van der Waals surface area contributed by atoms with Gasteiger partial charge in [-0.1, -0.05) is 11.6 Å². The highest BCUT2D eigenvalue weighted by Crippen LogP contribution is 2.67. The molecule has 0 radical (unpaired) electrons. The number of phenolic OH excluding ortho intramolecular Hbond substituents is 1. The number of ether oxygens (including phenoxy) is 1. The lowest BCUT2D eigenvalue weighted by Crippen LogP contribution is -2.55. The van der Waals surface area contributed by atoms with E-state index in [1.54, 1.807) is 0 Å². The SMILES string of the molecule is CC1=CC[C@@H]2[C@@H](C1)c1c(O)cc([C@]34CC5CC(C[C@@](CO[N+](=O)[O-])(C5)C3)C4)cc1OC2(C)C. The van der Waals surface area contributed by atoms with Crippen LogP contribution in [0.15, 0.2) is 23.8 Å². The average molecular weight is 454 g/mol. The van der Waals surface area contributed by atoms with Crippen molar-refractivity contribution < 1.29 is 19.8 Å². The highest BCUT2D eigenvalue weighted by Gasteiger charge is 2.59. The van der Waals surface area contributed by atoms with E-state index in [1.165, 1.54) is 12.0 Å². The fraction of sp³-hybridized carbons (Fsp3) is 0.704. The van der Waals surface area contributed by atoms with Gasteiger partial charge in [-0.3, -0.25) is 0 Å². The second-order valence-electron chi connectivity index (χ2n) is 12.6. The number of benzene rings is 1. The van der Waals surface area contributed by atoms with Gasteiger partial charge in [0.05, 0.1) is 0 Å². The van der Waals surface area contributed by atoms with Crippen molar-refractivity contribution in [3.05, 3.63) is 45.0 Å². The monoisotopic (exact) mass is 453 g/mol. The van der Waals surface area contributed by atoms with Gasteiger partial charge in [0.1, 0.15) is 23.7 Å². The second-order valence-corrected chi connectivity index (χ2v) is 12.6. The van der Waals surface area contributed by atoms with Crippen LogP contribution in [-0.2, 0) is 10.3 Å². The van der Waals surface area contributed by atoms with Crippen molar-refractivity contribution in [3.63, 3.8) is 0 Å². The molecule has 6 heteroatoms. The Bertz CT molecular complexity index is 1030. The smallest absolute Gasteiger partial charge is 0.294 e. The highest BCUT2D eigenvalue weighted by atomic mass is 16.9. The van der Waals surface area contributed by atoms with E-state index in [2.05, 4.69) is 32.9 Å². The average Bonchev–Trinajstić information content (AvgIpc) is 2.70. The molecule has 178 valence electrons. The Morgan fingerprint density at radius 1 is 1.21 bits per heavy atom. The zero-order chi connectivity index (χ0) is 23.2. The van der Waals surface area contributed by atoms with Gasteiger partial charge in [0, 0.05) is 17.4 Å². The molecule has 0 spiro atoms. The lowest BCUT2D eigenvalue weighted by atomic mass is 9.43. The number of phenols is 1. The molecule has 0 aromatic heterocycles. The van der Waals surface area contributed by atoms with Gasteiger partial charge in [0.15, 0.2) is 0 Å². The number of allylic oxidation sites excluding steroid dienone is 2. The molecular weight excluding hydrogens is 418 g/mol. The first kappa shape index (κ1) is 21.3. The van der Waals surface area contributed by atoms with E-state index in [9.17, 15) is 15.2 Å². The summed E-state index contributed by atoms with van der Waals surface area (Å²) >= 11 is 0. The van der Waals surface area contributed by atoms with Crippen LogP contribution in [0.1, 0.15) is 89.2 Å². The zero-order valence-corrected chi connectivity index (χ0v) is 19.9. The summed E-state index contributed by atoms with van der Waals surface area (Å²) in [4.78, 5) is 15.9. The summed E-state index contributed by atoms with van der Waals surface area (Å²) in [7, 11) is 0. The van der Waals surface area contributed by atoms with E-state index in [-0.39, 0.29) is 29.0 Å². The molecule has 33 heavy (non-hydrogen) atoms. The van der Waals surface area contributed by atoms with Gasteiger partial charge in [-0.15, -0.1) is 10.1 Å². The first-order valence-corrected chi connectivity index (χ1v) is 12.6. The molecule has 4 bridgehead atoms. The van der Waals surface area contributed by atoms with Crippen LogP contribution in [0.25, 0.3) is 0 Å². The lowest BCUT2D eigenvalue weighted by molar-refractivity contribution is -0.761. The third-order valence-electron chi connectivity index (χ3n) is 9.78. The molecule has 4 saturated carbocycles. The molecule has 5 aliphatic carbocycles. The van der Waals surface area contributed by atoms with Crippen molar-refractivity contribution in [2.75, 3.05) is 6.61 Å². The van der Waals surface area contributed by atoms with Crippen molar-refractivity contribution in [1.82, 2.24) is 0 Å². The third kappa shape index (κ3) is 3.27. The van der Waals surface area contributed by atoms with Crippen LogP contribution in [-0.4, -0.2) is 22.4 Å². The van der Waals surface area contributed by atoms with Crippen molar-refractivity contribution in [2.24, 2.45) is 23.2 Å². The molecule has 1 heterocycles. The van der Waals surface area contributed by atoms with Crippen molar-refractivity contribution in [2.45, 2.75) is 89.1 Å². The predicted octanol–water partition coefficient (Wildman–Crippen LogP) is 6.05. The standard InChI is InChI=1S/C27H35NO5/c1-16-4-5-21-20(6-16)24-22(29)8-19(9-23(24)33-25(21,2)3)27-12-17-7-18(13-27)11-26(10-17,14-27)15-32-28(30)31/h4,8-9,17-18,20-21,29H,5-7,10-15H2,1-3H3/t17?,18?,20-,21-,26-,27-/m1/s1. The molecule has 6 nitrogen and oxygen atoms in total. The van der Waals surface area contributed by atoms with Crippen LogP contribution in [0, 0.1) is 33.3 Å². The topological polar surface area (TPSA) is 81.8 Å². The fourth-order valence-electron chi connectivity index (χ4n) is 9.02. The van der Waals surface area contributed by atoms with E-state index in [0.29, 0.717) is 23.5 Å². The van der Waals surface area contributed by atoms with Crippen LogP contribution in [0.3, 0.4) is 0 Å². The normalized spacial score (nSPS) is 39.8. The summed E-state index contributed by atoms with van der Waals surface area (Å²) in [6.07, 6.45) is 10.6. The molecule has 4 atom stereocenters. The molecule has 2 unspecified atom stereocenters. The van der Waals surface area contributed by atoms with Crippen molar-refractivity contribution in [1.29, 1.82) is 0 Å². The van der Waals surface area contributed by atoms with Crippen molar-refractivity contribution >= 4 is 0 Å². The Morgan fingerprint density at radius 3 is 2.64 bits per heavy atom. The molecule has 6 aliphatic rings. The fourth-order valence-corrected chi connectivity index (χ4v) is 9.02. The number of aromatic hydroxyl groups is 1. The van der Waals surface area contributed by atoms with Gasteiger partial charge in [-0.05, 0) is 112 Å². The molecule has 4 fully saturated rings. The van der Waals surface area contributed by atoms with Crippen LogP contribution < -0.4 is 4.74 Å². The van der Waals surface area contributed by atoms with Gasteiger partial charge in [0.25, 0.3) is 5.09 Å². The lowest BCUT2D eigenvalue weighted by Gasteiger charge is -2.62. The Kier molecular flexibility index (Phi) is 4.45. The summed E-state index contributed by atoms with van der Waals surface area (Å²) in [6, 6.07) is 4.23. The quantitative estimate of drug-likeness (QED) is 0.341. The van der Waals surface area contributed by atoms with E-state index in [4.69, 9.17) is 9.57 Å². The van der Waals surface area contributed by atoms with Gasteiger partial charge in [0.2, 0.25) is 0 Å². The Labute approximate surface area is 195 Å². The summed E-state index contributed by atoms with van der Waals surface area (Å²) in [6.45, 7) is 6.75. The number of nitrogens with zero attached hydrogens (tertiary/aromatic N) is 1. The minimum Gasteiger partial charge on any atom is -0.508 e. The summed E-state index contributed by atoms with van der Waals surface area (Å²) in [5, 5.41) is 21.7.